The lowest BCUT2D eigenvalue weighted by Crippen LogP contribution is -2.27. The number of ether oxygens (including phenoxy) is 3. The molecule has 1 heterocycles. The van der Waals surface area contributed by atoms with Gasteiger partial charge in [-0.05, 0) is 44.3 Å². The fourth-order valence-electron chi connectivity index (χ4n) is 3.37. The van der Waals surface area contributed by atoms with Crippen LogP contribution in [0.1, 0.15) is 20.8 Å². The number of nitrogens with zero attached hydrogens (tertiary/aromatic N) is 3. The maximum Gasteiger partial charge on any atom is 0.411 e. The Morgan fingerprint density at radius 1 is 1.09 bits per heavy atom. The first-order chi connectivity index (χ1) is 16.5. The van der Waals surface area contributed by atoms with E-state index in [0.717, 1.165) is 25.0 Å². The van der Waals surface area contributed by atoms with Crippen molar-refractivity contribution in [2.75, 3.05) is 50.6 Å². The Kier molecular flexibility index (Phi) is 11.1. The van der Waals surface area contributed by atoms with E-state index < -0.39 is 6.09 Å². The Morgan fingerprint density at radius 2 is 1.86 bits per heavy atom. The minimum absolute atomic E-state index is 0. The van der Waals surface area contributed by atoms with Crippen LogP contribution in [-0.2, 0) is 4.74 Å². The Balaban J connectivity index is 0.00000432. The number of amides is 1. The highest BCUT2D eigenvalue weighted by molar-refractivity contribution is 6.34. The number of hydrogen-bond donors (Lipinski definition) is 2. The summed E-state index contributed by atoms with van der Waals surface area (Å²) in [5.41, 5.74) is 1.85. The largest absolute Gasteiger partial charge is 0.493 e. The number of likely N-dealkylation sites (N-methyl/N-ethyl adjacent to an activating group) is 1. The Bertz CT molecular complexity index is 1130. The van der Waals surface area contributed by atoms with Crippen molar-refractivity contribution < 1.29 is 19.0 Å². The average molecular weight is 524 g/mol. The molecule has 3 aromatic rings. The molecule has 0 aliphatic heterocycles. The van der Waals surface area contributed by atoms with Crippen molar-refractivity contribution in [3.8, 4) is 11.5 Å². The SMILES string of the molecule is CCOC(=O)Nc1ccc(Nc2ncnc3cc(OCCN(CC)CC)c(OC)cc23)cc1Cl.Cl. The zero-order valence-corrected chi connectivity index (χ0v) is 21.8. The molecule has 0 saturated carbocycles. The molecular formula is C24H31Cl2N5O4. The second kappa shape index (κ2) is 13.8. The second-order valence-electron chi connectivity index (χ2n) is 7.28. The predicted octanol–water partition coefficient (Wildman–Crippen LogP) is 5.75. The number of carbonyl (C=O) groups is 1. The van der Waals surface area contributed by atoms with Gasteiger partial charge in [0.25, 0.3) is 0 Å². The number of nitrogens with one attached hydrogen (secondary N) is 2. The monoisotopic (exact) mass is 523 g/mol. The van der Waals surface area contributed by atoms with Gasteiger partial charge < -0.3 is 24.4 Å². The Morgan fingerprint density at radius 3 is 2.51 bits per heavy atom. The third-order valence-corrected chi connectivity index (χ3v) is 5.54. The molecule has 1 aromatic heterocycles. The maximum atomic E-state index is 11.7. The highest BCUT2D eigenvalue weighted by atomic mass is 35.5. The molecule has 0 bridgehead atoms. The van der Waals surface area contributed by atoms with Gasteiger partial charge in [-0.1, -0.05) is 25.4 Å². The number of halogens is 2. The van der Waals surface area contributed by atoms with Crippen molar-refractivity contribution in [2.24, 2.45) is 0 Å². The Labute approximate surface area is 216 Å². The third kappa shape index (κ3) is 7.48. The number of carbonyl (C=O) groups excluding carboxylic acids is 1. The molecule has 190 valence electrons. The van der Waals surface area contributed by atoms with Crippen molar-refractivity contribution in [1.82, 2.24) is 14.9 Å². The standard InChI is InChI=1S/C24H30ClN5O4.ClH/c1-5-30(6-2)10-11-34-22-14-20-17(13-21(22)32-4)23(27-15-26-20)28-16-8-9-19(18(25)12-16)29-24(31)33-7-3;/h8-9,12-15H,5-7,10-11H2,1-4H3,(H,29,31)(H,26,27,28);1H. The van der Waals surface area contributed by atoms with E-state index in [9.17, 15) is 4.79 Å². The summed E-state index contributed by atoms with van der Waals surface area (Å²) in [6.45, 7) is 9.58. The van der Waals surface area contributed by atoms with Gasteiger partial charge in [0.1, 0.15) is 18.8 Å². The highest BCUT2D eigenvalue weighted by Crippen LogP contribution is 2.35. The predicted molar refractivity (Wildman–Crippen MR) is 142 cm³/mol. The maximum absolute atomic E-state index is 11.7. The van der Waals surface area contributed by atoms with Crippen LogP contribution in [0.3, 0.4) is 0 Å². The molecule has 9 nitrogen and oxygen atoms in total. The second-order valence-corrected chi connectivity index (χ2v) is 7.69. The number of aromatic nitrogens is 2. The minimum atomic E-state index is -0.561. The first-order valence-electron chi connectivity index (χ1n) is 11.2. The third-order valence-electron chi connectivity index (χ3n) is 5.22. The summed E-state index contributed by atoms with van der Waals surface area (Å²) in [7, 11) is 1.60. The van der Waals surface area contributed by atoms with Crippen LogP contribution in [0.25, 0.3) is 10.9 Å². The van der Waals surface area contributed by atoms with Crippen LogP contribution in [0.5, 0.6) is 11.5 Å². The molecule has 0 unspecified atom stereocenters. The van der Waals surface area contributed by atoms with Crippen LogP contribution in [-0.4, -0.2) is 60.9 Å². The first-order valence-corrected chi connectivity index (χ1v) is 11.5. The van der Waals surface area contributed by atoms with Crippen LogP contribution < -0.4 is 20.1 Å². The molecule has 11 heteroatoms. The minimum Gasteiger partial charge on any atom is -0.493 e. The average Bonchev–Trinajstić information content (AvgIpc) is 2.83. The van der Waals surface area contributed by atoms with Crippen molar-refractivity contribution >= 4 is 58.2 Å². The molecule has 0 aliphatic rings. The van der Waals surface area contributed by atoms with Gasteiger partial charge in [0.05, 0.1) is 29.9 Å². The summed E-state index contributed by atoms with van der Waals surface area (Å²) in [5.74, 6) is 1.81. The van der Waals surface area contributed by atoms with Crippen LogP contribution in [0.15, 0.2) is 36.7 Å². The van der Waals surface area contributed by atoms with Crippen molar-refractivity contribution in [2.45, 2.75) is 20.8 Å². The van der Waals surface area contributed by atoms with Crippen LogP contribution in [0, 0.1) is 0 Å². The van der Waals surface area contributed by atoms with Crippen LogP contribution in [0.4, 0.5) is 22.0 Å². The van der Waals surface area contributed by atoms with E-state index in [1.807, 2.05) is 12.1 Å². The molecule has 0 spiro atoms. The van der Waals surface area contributed by atoms with Crippen molar-refractivity contribution in [1.29, 1.82) is 0 Å². The number of rotatable bonds is 11. The zero-order valence-electron chi connectivity index (χ0n) is 20.3. The topological polar surface area (TPSA) is 97.8 Å². The van der Waals surface area contributed by atoms with Gasteiger partial charge in [-0.25, -0.2) is 14.8 Å². The first kappa shape index (κ1) is 28.2. The van der Waals surface area contributed by atoms with Gasteiger partial charge in [-0.3, -0.25) is 5.32 Å². The molecule has 3 rings (SSSR count). The molecule has 2 N–H and O–H groups in total. The van der Waals surface area contributed by atoms with Gasteiger partial charge in [0.2, 0.25) is 0 Å². The fourth-order valence-corrected chi connectivity index (χ4v) is 3.60. The van der Waals surface area contributed by atoms with Gasteiger partial charge >= 0.3 is 6.09 Å². The molecule has 0 aliphatic carbocycles. The number of fused-ring (bicyclic) bond motifs is 1. The van der Waals surface area contributed by atoms with Crippen molar-refractivity contribution in [3.63, 3.8) is 0 Å². The summed E-state index contributed by atoms with van der Waals surface area (Å²) in [5, 5.41) is 6.98. The van der Waals surface area contributed by atoms with E-state index in [0.29, 0.717) is 45.8 Å². The molecule has 0 saturated heterocycles. The smallest absolute Gasteiger partial charge is 0.411 e. The normalized spacial score (nSPS) is 10.6. The summed E-state index contributed by atoms with van der Waals surface area (Å²) in [6.07, 6.45) is 0.920. The number of methoxy groups -OCH3 is 1. The van der Waals surface area contributed by atoms with Gasteiger partial charge in [0, 0.05) is 23.7 Å². The van der Waals surface area contributed by atoms with Gasteiger partial charge in [-0.2, -0.15) is 0 Å². The lowest BCUT2D eigenvalue weighted by molar-refractivity contribution is 0.168. The van der Waals surface area contributed by atoms with Crippen LogP contribution in [0.2, 0.25) is 5.02 Å². The summed E-state index contributed by atoms with van der Waals surface area (Å²) in [4.78, 5) is 22.7. The van der Waals surface area contributed by atoms with Crippen LogP contribution >= 0.6 is 24.0 Å². The molecule has 0 atom stereocenters. The fraction of sp³-hybridized carbons (Fsp3) is 0.375. The number of anilines is 3. The molecule has 35 heavy (non-hydrogen) atoms. The highest BCUT2D eigenvalue weighted by Gasteiger charge is 2.13. The van der Waals surface area contributed by atoms with Gasteiger partial charge in [0.15, 0.2) is 11.5 Å². The summed E-state index contributed by atoms with van der Waals surface area (Å²) < 4.78 is 16.5. The van der Waals surface area contributed by atoms with E-state index in [1.54, 1.807) is 32.2 Å². The van der Waals surface area contributed by atoms with E-state index in [-0.39, 0.29) is 19.0 Å². The Hall–Kier alpha value is -3.01. The molecular weight excluding hydrogens is 493 g/mol. The zero-order chi connectivity index (χ0) is 24.5. The summed E-state index contributed by atoms with van der Waals surface area (Å²) in [6, 6.07) is 8.86. The van der Waals surface area contributed by atoms with Gasteiger partial charge in [-0.15, -0.1) is 12.4 Å². The van der Waals surface area contributed by atoms with E-state index in [4.69, 9.17) is 25.8 Å². The molecule has 1 amide bonds. The van der Waals surface area contributed by atoms with E-state index in [2.05, 4.69) is 39.3 Å². The lowest BCUT2D eigenvalue weighted by atomic mass is 10.2. The molecule has 0 radical (unpaired) electrons. The summed E-state index contributed by atoms with van der Waals surface area (Å²) >= 11 is 6.34. The number of benzene rings is 2. The van der Waals surface area contributed by atoms with E-state index >= 15 is 0 Å². The molecule has 0 fully saturated rings. The lowest BCUT2D eigenvalue weighted by Gasteiger charge is -2.19. The molecule has 2 aromatic carbocycles. The van der Waals surface area contributed by atoms with E-state index in [1.165, 1.54) is 6.33 Å². The number of hydrogen-bond acceptors (Lipinski definition) is 8. The quantitative estimate of drug-likeness (QED) is 0.328. The van der Waals surface area contributed by atoms with Crippen molar-refractivity contribution in [3.05, 3.63) is 41.7 Å².